The van der Waals surface area contributed by atoms with Crippen molar-refractivity contribution in [3.05, 3.63) is 70.6 Å². The number of rotatable bonds is 5. The minimum Gasteiger partial charge on any atom is -0.454 e. The highest BCUT2D eigenvalue weighted by Gasteiger charge is 2.38. The molecule has 2 aromatic carbocycles. The van der Waals surface area contributed by atoms with Crippen LogP contribution in [-0.4, -0.2) is 41.2 Å². The van der Waals surface area contributed by atoms with E-state index in [1.807, 2.05) is 24.3 Å². The molecule has 0 fully saturated rings. The van der Waals surface area contributed by atoms with Crippen molar-refractivity contribution >= 4 is 27.6 Å². The summed E-state index contributed by atoms with van der Waals surface area (Å²) in [5, 5.41) is 8.39. The number of carbonyl (C=O) groups is 1. The van der Waals surface area contributed by atoms with Gasteiger partial charge in [0.2, 0.25) is 15.9 Å². The van der Waals surface area contributed by atoms with Gasteiger partial charge in [-0.05, 0) is 35.4 Å². The molecule has 1 aliphatic heterocycles. The standard InChI is InChI=1S/C20H18ClN3O5S/c1-30(26,27)24-11-15-5-3-2-4-14(15)10-17(24)20(25)28-12-18-22-23-19(29-18)13-6-8-16(21)9-7-13/h2-9,17H,10-12H2,1H3/t17-/m1/s1. The van der Waals surface area contributed by atoms with Crippen LogP contribution in [0.5, 0.6) is 0 Å². The second kappa shape index (κ2) is 8.17. The van der Waals surface area contributed by atoms with Crippen LogP contribution in [0.4, 0.5) is 0 Å². The van der Waals surface area contributed by atoms with Gasteiger partial charge in [-0.2, -0.15) is 4.31 Å². The highest BCUT2D eigenvalue weighted by Crippen LogP contribution is 2.26. The predicted molar refractivity (Wildman–Crippen MR) is 109 cm³/mol. The lowest BCUT2D eigenvalue weighted by Crippen LogP contribution is -2.48. The maximum Gasteiger partial charge on any atom is 0.325 e. The summed E-state index contributed by atoms with van der Waals surface area (Å²) in [5.41, 5.74) is 2.47. The number of ether oxygens (including phenoxy) is 1. The second-order valence-electron chi connectivity index (χ2n) is 6.91. The van der Waals surface area contributed by atoms with Crippen LogP contribution < -0.4 is 0 Å². The minimum atomic E-state index is -3.61. The second-order valence-corrected chi connectivity index (χ2v) is 9.28. The summed E-state index contributed by atoms with van der Waals surface area (Å²) in [5.74, 6) is -0.293. The van der Waals surface area contributed by atoms with E-state index in [2.05, 4.69) is 10.2 Å². The van der Waals surface area contributed by atoms with Crippen LogP contribution in [-0.2, 0) is 39.1 Å². The van der Waals surface area contributed by atoms with Gasteiger partial charge >= 0.3 is 5.97 Å². The van der Waals surface area contributed by atoms with E-state index in [1.54, 1.807) is 24.3 Å². The highest BCUT2D eigenvalue weighted by molar-refractivity contribution is 7.88. The smallest absolute Gasteiger partial charge is 0.325 e. The summed E-state index contributed by atoms with van der Waals surface area (Å²) in [4.78, 5) is 12.7. The number of hydrogen-bond acceptors (Lipinski definition) is 7. The molecular formula is C20H18ClN3O5S. The lowest BCUT2D eigenvalue weighted by atomic mass is 9.96. The Morgan fingerprint density at radius 2 is 1.87 bits per heavy atom. The molecule has 3 aromatic rings. The average Bonchev–Trinajstić information content (AvgIpc) is 3.20. The molecule has 0 radical (unpaired) electrons. The fourth-order valence-electron chi connectivity index (χ4n) is 3.30. The Balaban J connectivity index is 1.47. The van der Waals surface area contributed by atoms with Gasteiger partial charge in [0, 0.05) is 23.6 Å². The molecule has 2 heterocycles. The Labute approximate surface area is 178 Å². The van der Waals surface area contributed by atoms with E-state index in [-0.39, 0.29) is 31.4 Å². The monoisotopic (exact) mass is 447 g/mol. The molecule has 0 aliphatic carbocycles. The van der Waals surface area contributed by atoms with Crippen molar-refractivity contribution in [2.24, 2.45) is 0 Å². The third-order valence-electron chi connectivity index (χ3n) is 4.80. The molecule has 0 N–H and O–H groups in total. The van der Waals surface area contributed by atoms with Crippen LogP contribution in [0.2, 0.25) is 5.02 Å². The van der Waals surface area contributed by atoms with Gasteiger partial charge in [0.1, 0.15) is 6.04 Å². The van der Waals surface area contributed by atoms with Gasteiger partial charge in [-0.3, -0.25) is 4.79 Å². The molecule has 1 aromatic heterocycles. The highest BCUT2D eigenvalue weighted by atomic mass is 35.5. The molecule has 30 heavy (non-hydrogen) atoms. The van der Waals surface area contributed by atoms with Crippen molar-refractivity contribution < 1.29 is 22.4 Å². The molecule has 1 aliphatic rings. The fraction of sp³-hybridized carbons (Fsp3) is 0.250. The molecule has 156 valence electrons. The minimum absolute atomic E-state index is 0.107. The predicted octanol–water partition coefficient (Wildman–Crippen LogP) is 2.82. The summed E-state index contributed by atoms with van der Waals surface area (Å²) in [6.07, 6.45) is 1.32. The van der Waals surface area contributed by atoms with Gasteiger partial charge in [0.25, 0.3) is 5.89 Å². The maximum atomic E-state index is 12.7. The van der Waals surface area contributed by atoms with Gasteiger partial charge in [-0.25, -0.2) is 8.42 Å². The average molecular weight is 448 g/mol. The number of carbonyl (C=O) groups excluding carboxylic acids is 1. The molecule has 8 nitrogen and oxygen atoms in total. The molecular weight excluding hydrogens is 430 g/mol. The van der Waals surface area contributed by atoms with Crippen molar-refractivity contribution in [3.63, 3.8) is 0 Å². The van der Waals surface area contributed by atoms with Gasteiger partial charge in [0.15, 0.2) is 6.61 Å². The van der Waals surface area contributed by atoms with Crippen LogP contribution in [0.1, 0.15) is 17.0 Å². The van der Waals surface area contributed by atoms with Crippen molar-refractivity contribution in [1.82, 2.24) is 14.5 Å². The molecule has 0 spiro atoms. The van der Waals surface area contributed by atoms with E-state index in [4.69, 9.17) is 20.8 Å². The zero-order valence-electron chi connectivity index (χ0n) is 16.0. The van der Waals surface area contributed by atoms with Crippen molar-refractivity contribution in [2.75, 3.05) is 6.26 Å². The summed E-state index contributed by atoms with van der Waals surface area (Å²) in [6.45, 7) is -0.134. The number of benzene rings is 2. The van der Waals surface area contributed by atoms with Crippen LogP contribution >= 0.6 is 11.6 Å². The van der Waals surface area contributed by atoms with Gasteiger partial charge in [-0.1, -0.05) is 35.9 Å². The Bertz CT molecular complexity index is 1180. The van der Waals surface area contributed by atoms with Gasteiger partial charge < -0.3 is 9.15 Å². The normalized spacial score (nSPS) is 16.8. The summed E-state index contributed by atoms with van der Waals surface area (Å²) < 4.78 is 36.5. The van der Waals surface area contributed by atoms with E-state index in [0.29, 0.717) is 10.6 Å². The molecule has 0 saturated carbocycles. The van der Waals surface area contributed by atoms with Crippen LogP contribution in [0.15, 0.2) is 52.9 Å². The first-order valence-corrected chi connectivity index (χ1v) is 11.3. The Hall–Kier alpha value is -2.75. The summed E-state index contributed by atoms with van der Waals surface area (Å²) in [6, 6.07) is 13.3. The van der Waals surface area contributed by atoms with Gasteiger partial charge in [0.05, 0.1) is 6.26 Å². The fourth-order valence-corrected chi connectivity index (χ4v) is 4.42. The number of esters is 1. The number of hydrogen-bond donors (Lipinski definition) is 0. The number of aromatic nitrogens is 2. The molecule has 0 saturated heterocycles. The van der Waals surface area contributed by atoms with E-state index in [1.165, 1.54) is 0 Å². The molecule has 0 bridgehead atoms. The van der Waals surface area contributed by atoms with Crippen LogP contribution in [0.3, 0.4) is 0 Å². The third kappa shape index (κ3) is 4.38. The summed E-state index contributed by atoms with van der Waals surface area (Å²) >= 11 is 5.87. The zero-order chi connectivity index (χ0) is 21.3. The van der Waals surface area contributed by atoms with Crippen molar-refractivity contribution in [2.45, 2.75) is 25.6 Å². The molecule has 0 amide bonds. The van der Waals surface area contributed by atoms with E-state index in [0.717, 1.165) is 21.7 Å². The quantitative estimate of drug-likeness (QED) is 0.554. The van der Waals surface area contributed by atoms with E-state index < -0.39 is 22.0 Å². The number of sulfonamides is 1. The van der Waals surface area contributed by atoms with Crippen LogP contribution in [0.25, 0.3) is 11.5 Å². The molecule has 1 atom stereocenters. The Morgan fingerprint density at radius 3 is 2.57 bits per heavy atom. The summed E-state index contributed by atoms with van der Waals surface area (Å²) in [7, 11) is -3.61. The topological polar surface area (TPSA) is 103 Å². The Kier molecular flexibility index (Phi) is 5.59. The van der Waals surface area contributed by atoms with E-state index in [9.17, 15) is 13.2 Å². The van der Waals surface area contributed by atoms with Crippen molar-refractivity contribution in [1.29, 1.82) is 0 Å². The lowest BCUT2D eigenvalue weighted by molar-refractivity contribution is -0.150. The first kappa shape index (κ1) is 20.5. The zero-order valence-corrected chi connectivity index (χ0v) is 17.6. The lowest BCUT2D eigenvalue weighted by Gasteiger charge is -2.33. The molecule has 0 unspecified atom stereocenters. The van der Waals surface area contributed by atoms with Crippen LogP contribution in [0, 0.1) is 0 Å². The number of halogens is 1. The number of nitrogens with zero attached hydrogens (tertiary/aromatic N) is 3. The SMILES string of the molecule is CS(=O)(=O)N1Cc2ccccc2C[C@@H]1C(=O)OCc1nnc(-c2ccc(Cl)cc2)o1. The van der Waals surface area contributed by atoms with E-state index >= 15 is 0 Å². The first-order chi connectivity index (χ1) is 14.3. The number of fused-ring (bicyclic) bond motifs is 1. The maximum absolute atomic E-state index is 12.7. The third-order valence-corrected chi connectivity index (χ3v) is 6.29. The van der Waals surface area contributed by atoms with Gasteiger partial charge in [-0.15, -0.1) is 10.2 Å². The molecule has 4 rings (SSSR count). The molecule has 10 heteroatoms. The largest absolute Gasteiger partial charge is 0.454 e. The first-order valence-electron chi connectivity index (χ1n) is 9.10. The van der Waals surface area contributed by atoms with Crippen molar-refractivity contribution in [3.8, 4) is 11.5 Å². The Morgan fingerprint density at radius 1 is 1.17 bits per heavy atom.